The van der Waals surface area contributed by atoms with E-state index in [1.165, 1.54) is 26.8 Å². The van der Waals surface area contributed by atoms with E-state index in [2.05, 4.69) is 13.8 Å². The number of rotatable bonds is 4. The van der Waals surface area contributed by atoms with Crippen LogP contribution in [0.3, 0.4) is 0 Å². The van der Waals surface area contributed by atoms with Crippen molar-refractivity contribution in [2.75, 3.05) is 0 Å². The average Bonchev–Trinajstić information content (AvgIpc) is 3.32. The number of hydrogen-bond acceptors (Lipinski definition) is 10. The average molecular weight is 603 g/mol. The van der Waals surface area contributed by atoms with E-state index in [1.54, 1.807) is 6.08 Å². The second-order valence-corrected chi connectivity index (χ2v) is 14.9. The van der Waals surface area contributed by atoms with Crippen molar-refractivity contribution in [2.45, 2.75) is 124 Å². The number of hydrogen-bond donors (Lipinski definition) is 0. The van der Waals surface area contributed by atoms with Gasteiger partial charge in [-0.2, -0.15) is 0 Å². The summed E-state index contributed by atoms with van der Waals surface area (Å²) in [5.74, 6) is -3.20. The van der Waals surface area contributed by atoms with Crippen LogP contribution in [0, 0.1) is 39.9 Å². The van der Waals surface area contributed by atoms with Crippen LogP contribution in [0.5, 0.6) is 0 Å². The smallest absolute Gasteiger partial charge is 0.331 e. The molecule has 5 rings (SSSR count). The molecule has 10 heteroatoms. The molecule has 11 atom stereocenters. The van der Waals surface area contributed by atoms with Crippen LogP contribution in [0.4, 0.5) is 0 Å². The predicted molar refractivity (Wildman–Crippen MR) is 152 cm³/mol. The minimum Gasteiger partial charge on any atom is -0.462 e. The van der Waals surface area contributed by atoms with Crippen LogP contribution in [-0.4, -0.2) is 59.4 Å². The Labute approximate surface area is 253 Å². The summed E-state index contributed by atoms with van der Waals surface area (Å²) in [6, 6.07) is 0. The van der Waals surface area contributed by atoms with Crippen molar-refractivity contribution in [3.8, 4) is 0 Å². The van der Waals surface area contributed by atoms with Gasteiger partial charge in [0.15, 0.2) is 0 Å². The third-order valence-corrected chi connectivity index (χ3v) is 12.3. The van der Waals surface area contributed by atoms with Crippen LogP contribution < -0.4 is 0 Å². The molecule has 0 N–H and O–H groups in total. The molecule has 3 saturated carbocycles. The lowest BCUT2D eigenvalue weighted by Crippen LogP contribution is -2.70. The molecule has 2 heterocycles. The molecule has 238 valence electrons. The van der Waals surface area contributed by atoms with Crippen LogP contribution in [-0.2, 0) is 47.7 Å². The number of esters is 5. The van der Waals surface area contributed by atoms with Crippen molar-refractivity contribution in [1.29, 1.82) is 0 Å². The molecule has 0 radical (unpaired) electrons. The van der Waals surface area contributed by atoms with Crippen LogP contribution >= 0.6 is 0 Å². The Morgan fingerprint density at radius 2 is 1.42 bits per heavy atom. The minimum absolute atomic E-state index is 0.121. The van der Waals surface area contributed by atoms with E-state index in [1.807, 2.05) is 27.7 Å². The number of cyclic esters (lactones) is 2. The van der Waals surface area contributed by atoms with E-state index >= 15 is 0 Å². The Kier molecular flexibility index (Phi) is 7.37. The van der Waals surface area contributed by atoms with Crippen molar-refractivity contribution < 1.29 is 47.7 Å². The van der Waals surface area contributed by atoms with Gasteiger partial charge in [-0.15, -0.1) is 0 Å². The minimum atomic E-state index is -0.923. The maximum absolute atomic E-state index is 13.1. The van der Waals surface area contributed by atoms with Crippen molar-refractivity contribution in [3.63, 3.8) is 0 Å². The quantitative estimate of drug-likeness (QED) is 0.336. The second-order valence-electron chi connectivity index (χ2n) is 14.9. The summed E-state index contributed by atoms with van der Waals surface area (Å²) in [5, 5.41) is 0. The molecule has 2 aliphatic heterocycles. The highest BCUT2D eigenvalue weighted by atomic mass is 16.6. The van der Waals surface area contributed by atoms with Gasteiger partial charge in [0.1, 0.15) is 29.5 Å². The van der Waals surface area contributed by atoms with Crippen molar-refractivity contribution in [1.82, 2.24) is 0 Å². The van der Waals surface area contributed by atoms with Gasteiger partial charge in [-0.3, -0.25) is 19.2 Å². The molecule has 1 saturated heterocycles. The number of carbonyl (C=O) groups is 5. The Morgan fingerprint density at radius 3 is 1.98 bits per heavy atom. The van der Waals surface area contributed by atoms with E-state index in [4.69, 9.17) is 23.7 Å². The summed E-state index contributed by atoms with van der Waals surface area (Å²) < 4.78 is 30.2. The molecule has 0 aromatic heterocycles. The monoisotopic (exact) mass is 602 g/mol. The normalized spacial score (nSPS) is 46.3. The topological polar surface area (TPSA) is 132 Å². The zero-order valence-corrected chi connectivity index (χ0v) is 26.8. The summed E-state index contributed by atoms with van der Waals surface area (Å²) in [4.78, 5) is 63.3. The molecule has 0 aromatic rings. The molecule has 10 nitrogen and oxygen atoms in total. The highest BCUT2D eigenvalue weighted by Crippen LogP contribution is 2.75. The first-order valence-electron chi connectivity index (χ1n) is 15.4. The Bertz CT molecular complexity index is 1270. The van der Waals surface area contributed by atoms with Gasteiger partial charge in [-0.1, -0.05) is 20.8 Å². The molecular weight excluding hydrogens is 556 g/mol. The van der Waals surface area contributed by atoms with Crippen molar-refractivity contribution in [2.24, 2.45) is 39.9 Å². The van der Waals surface area contributed by atoms with Crippen LogP contribution in [0.15, 0.2) is 12.2 Å². The highest BCUT2D eigenvalue weighted by Gasteiger charge is 2.77. The first kappa shape index (κ1) is 31.5. The van der Waals surface area contributed by atoms with Gasteiger partial charge in [-0.05, 0) is 63.9 Å². The fourth-order valence-corrected chi connectivity index (χ4v) is 10.8. The van der Waals surface area contributed by atoms with Gasteiger partial charge < -0.3 is 23.7 Å². The molecule has 5 aliphatic rings. The standard InChI is InChI=1S/C33H46O10/c1-17(34)39-22-14-21-20(31(7)13-11-26(37)43-31)15-25(41-19(3)36)33(21,9)30(6)12-10-23-29(4,5)42-27(38)16-24(40-18(2)35)32(23,8)28(22)30/h11,13,20-25,28H,10,12,14-16H2,1-9H3. The lowest BCUT2D eigenvalue weighted by molar-refractivity contribution is -0.275. The van der Waals surface area contributed by atoms with Gasteiger partial charge in [0.05, 0.1) is 6.42 Å². The summed E-state index contributed by atoms with van der Waals surface area (Å²) >= 11 is 0. The van der Waals surface area contributed by atoms with Crippen LogP contribution in [0.2, 0.25) is 0 Å². The third-order valence-electron chi connectivity index (χ3n) is 12.3. The van der Waals surface area contributed by atoms with E-state index in [-0.39, 0.29) is 24.2 Å². The fourth-order valence-electron chi connectivity index (χ4n) is 10.8. The largest absolute Gasteiger partial charge is 0.462 e. The first-order valence-corrected chi connectivity index (χ1v) is 15.4. The van der Waals surface area contributed by atoms with Gasteiger partial charge in [0.25, 0.3) is 0 Å². The summed E-state index contributed by atoms with van der Waals surface area (Å²) in [7, 11) is 0. The van der Waals surface area contributed by atoms with Gasteiger partial charge in [0.2, 0.25) is 0 Å². The van der Waals surface area contributed by atoms with Crippen LogP contribution in [0.1, 0.15) is 94.4 Å². The fraction of sp³-hybridized carbons (Fsp3) is 0.788. The Morgan fingerprint density at radius 1 is 0.814 bits per heavy atom. The van der Waals surface area contributed by atoms with E-state index in [9.17, 15) is 24.0 Å². The molecule has 0 bridgehead atoms. The Hall–Kier alpha value is -2.91. The highest BCUT2D eigenvalue weighted by molar-refractivity contribution is 5.85. The second kappa shape index (κ2) is 10.1. The third kappa shape index (κ3) is 4.60. The van der Waals surface area contributed by atoms with Crippen LogP contribution in [0.25, 0.3) is 0 Å². The lowest BCUT2D eigenvalue weighted by Gasteiger charge is -2.69. The first-order chi connectivity index (χ1) is 19.8. The molecule has 0 amide bonds. The number of carbonyl (C=O) groups excluding carboxylic acids is 5. The summed E-state index contributed by atoms with van der Waals surface area (Å²) in [6.07, 6.45) is 3.34. The van der Waals surface area contributed by atoms with Crippen molar-refractivity contribution >= 4 is 29.8 Å². The maximum Gasteiger partial charge on any atom is 0.331 e. The predicted octanol–water partition coefficient (Wildman–Crippen LogP) is 4.46. The number of fused-ring (bicyclic) bond motifs is 5. The molecule has 0 spiro atoms. The molecule has 11 unspecified atom stereocenters. The summed E-state index contributed by atoms with van der Waals surface area (Å²) in [6.45, 7) is 16.2. The molecule has 4 fully saturated rings. The SMILES string of the molecule is CC(=O)OC1CC2C(C3(C)C=CC(=O)O3)CC(OC(C)=O)C2(C)C2(C)CCC3C(C)(C)OC(=O)CC(OC(C)=O)C3(C)C12. The number of ether oxygens (including phenoxy) is 5. The van der Waals surface area contributed by atoms with E-state index in [0.717, 1.165) is 0 Å². The molecule has 43 heavy (non-hydrogen) atoms. The van der Waals surface area contributed by atoms with Crippen molar-refractivity contribution in [3.05, 3.63) is 12.2 Å². The molecular formula is C33H46O10. The van der Waals surface area contributed by atoms with Gasteiger partial charge in [0, 0.05) is 55.4 Å². The summed E-state index contributed by atoms with van der Waals surface area (Å²) in [5.41, 5.74) is -3.93. The molecule has 3 aliphatic carbocycles. The van der Waals surface area contributed by atoms with Gasteiger partial charge in [-0.25, -0.2) is 4.79 Å². The zero-order valence-electron chi connectivity index (χ0n) is 26.8. The molecule has 0 aromatic carbocycles. The van der Waals surface area contributed by atoms with E-state index < -0.39 is 81.5 Å². The lowest BCUT2D eigenvalue weighted by atomic mass is 9.36. The van der Waals surface area contributed by atoms with E-state index in [0.29, 0.717) is 25.7 Å². The Balaban J connectivity index is 1.74. The maximum atomic E-state index is 13.1. The zero-order chi connectivity index (χ0) is 31.9. The van der Waals surface area contributed by atoms with Gasteiger partial charge >= 0.3 is 29.8 Å².